The number of benzene rings is 13. The van der Waals surface area contributed by atoms with E-state index >= 15 is 0 Å². The molecule has 0 radical (unpaired) electrons. The summed E-state index contributed by atoms with van der Waals surface area (Å²) in [4.78, 5) is 4.67. The van der Waals surface area contributed by atoms with Crippen molar-refractivity contribution >= 4 is 106 Å². The van der Waals surface area contributed by atoms with Crippen LogP contribution in [-0.4, -0.2) is 0 Å². The fraction of sp³-hybridized carbons (Fsp3) is 0.0408. The molecular formula is C98H80N2. The number of rotatable bonds is 24. The normalized spacial score (nSPS) is 11.5. The lowest BCUT2D eigenvalue weighted by Gasteiger charge is -2.26. The van der Waals surface area contributed by atoms with Crippen LogP contribution in [-0.2, 0) is 12.8 Å². The van der Waals surface area contributed by atoms with Gasteiger partial charge >= 0.3 is 0 Å². The Morgan fingerprint density at radius 1 is 0.200 bits per heavy atom. The van der Waals surface area contributed by atoms with Gasteiger partial charge in [0.25, 0.3) is 0 Å². The van der Waals surface area contributed by atoms with Gasteiger partial charge in [-0.3, -0.25) is 0 Å². The van der Waals surface area contributed by atoms with Gasteiger partial charge in [-0.15, -0.1) is 0 Å². The fourth-order valence-corrected chi connectivity index (χ4v) is 12.2. The van der Waals surface area contributed by atoms with E-state index in [0.717, 1.165) is 103 Å². The van der Waals surface area contributed by atoms with Crippen LogP contribution in [0.5, 0.6) is 0 Å². The minimum atomic E-state index is 0.994. The molecule has 482 valence electrons. The summed E-state index contributed by atoms with van der Waals surface area (Å²) in [6.45, 7) is 4.40. The van der Waals surface area contributed by atoms with E-state index in [1.54, 1.807) is 0 Å². The molecule has 0 saturated carbocycles. The van der Waals surface area contributed by atoms with Gasteiger partial charge in [0, 0.05) is 34.1 Å². The van der Waals surface area contributed by atoms with E-state index in [2.05, 4.69) is 448 Å². The standard InChI is InChI=1S/C98H80N2/c1-3-75-51-63-91(64-52-75)99(93-67-55-83(56-68-93)47-43-79-35-31-77(32-36-79)19-17-29-97(87-21-9-5-10-22-87)88-23-11-6-12-24-88)95-71-59-85(60-72-95)49-45-81-39-41-82(42-40-81)46-50-86-61-73-96(74-62-86)100(92-65-53-76(4-2)54-66-92)94-69-57-84(58-70-94)48-44-80-37-33-78(34-38-80)20-18-30-98(89-25-13-7-14-26-89)90-27-15-8-16-28-90/h5-74H,3-4H2,1-2H3/b19-17+,20-18+,47-43+,48-44+,49-45+,50-46+. The molecule has 0 heterocycles. The third-order valence-electron chi connectivity index (χ3n) is 17.9. The zero-order valence-corrected chi connectivity index (χ0v) is 56.7. The lowest BCUT2D eigenvalue weighted by molar-refractivity contribution is 1.14. The molecule has 0 aromatic heterocycles. The van der Waals surface area contributed by atoms with Crippen molar-refractivity contribution in [3.63, 3.8) is 0 Å². The van der Waals surface area contributed by atoms with E-state index in [1.165, 1.54) is 44.5 Å². The van der Waals surface area contributed by atoms with Crippen molar-refractivity contribution in [2.75, 3.05) is 9.80 Å². The van der Waals surface area contributed by atoms with Gasteiger partial charge in [-0.2, -0.15) is 0 Å². The Labute approximate surface area is 591 Å². The number of nitrogens with zero attached hydrogens (tertiary/aromatic N) is 2. The Morgan fingerprint density at radius 2 is 0.370 bits per heavy atom. The van der Waals surface area contributed by atoms with E-state index < -0.39 is 0 Å². The minimum Gasteiger partial charge on any atom is -0.311 e. The van der Waals surface area contributed by atoms with Gasteiger partial charge in [0.15, 0.2) is 0 Å². The van der Waals surface area contributed by atoms with Gasteiger partial charge in [0.05, 0.1) is 0 Å². The molecule has 0 atom stereocenters. The van der Waals surface area contributed by atoms with Gasteiger partial charge in [0.2, 0.25) is 0 Å². The summed E-state index contributed by atoms with van der Waals surface area (Å²) in [5.74, 6) is 0. The summed E-state index contributed by atoms with van der Waals surface area (Å²) in [7, 11) is 0. The van der Waals surface area contributed by atoms with Gasteiger partial charge in [-0.1, -0.05) is 366 Å². The predicted molar refractivity (Wildman–Crippen MR) is 434 cm³/mol. The molecule has 2 heteroatoms. The van der Waals surface area contributed by atoms with E-state index in [9.17, 15) is 0 Å². The number of hydrogen-bond donors (Lipinski definition) is 0. The number of anilines is 6. The Balaban J connectivity index is 0.627. The molecule has 0 fully saturated rings. The fourth-order valence-electron chi connectivity index (χ4n) is 12.2. The van der Waals surface area contributed by atoms with Crippen LogP contribution in [0.25, 0.3) is 71.9 Å². The Morgan fingerprint density at radius 3 is 0.560 bits per heavy atom. The first kappa shape index (κ1) is 66.0. The van der Waals surface area contributed by atoms with Crippen molar-refractivity contribution in [1.82, 2.24) is 0 Å². The van der Waals surface area contributed by atoms with Gasteiger partial charge in [0.1, 0.15) is 0 Å². The van der Waals surface area contributed by atoms with Gasteiger partial charge in [-0.05, 0) is 186 Å². The highest BCUT2D eigenvalue weighted by atomic mass is 15.1. The Kier molecular flexibility index (Phi) is 22.0. The zero-order valence-electron chi connectivity index (χ0n) is 56.7. The average molecular weight is 1290 g/mol. The topological polar surface area (TPSA) is 6.48 Å². The zero-order chi connectivity index (χ0) is 67.9. The van der Waals surface area contributed by atoms with E-state index in [-0.39, 0.29) is 0 Å². The molecule has 0 spiro atoms. The van der Waals surface area contributed by atoms with Crippen LogP contribution < -0.4 is 9.80 Å². The monoisotopic (exact) mass is 1280 g/mol. The smallest absolute Gasteiger partial charge is 0.0462 e. The highest BCUT2D eigenvalue weighted by Crippen LogP contribution is 2.38. The SMILES string of the molecule is CCc1ccc(N(c2ccc(/C=C/c3ccc(/C=C/C=C(c4ccccc4)c4ccccc4)cc3)cc2)c2ccc(/C=C/c3ccc(/C=C/c4ccc(N(c5ccc(/C=C/c6ccc(/C=C/C=C(c7ccccc7)c7ccccc7)cc6)cc5)c5ccc(CC)cc5)cc4)cc3)cc2)cc1. The Hall–Kier alpha value is -12.6. The summed E-state index contributed by atoms with van der Waals surface area (Å²) < 4.78 is 0. The number of hydrogen-bond acceptors (Lipinski definition) is 2. The first-order valence-electron chi connectivity index (χ1n) is 34.6. The van der Waals surface area contributed by atoms with Crippen LogP contribution in [0.2, 0.25) is 0 Å². The van der Waals surface area contributed by atoms with E-state index in [0.29, 0.717) is 0 Å². The third-order valence-corrected chi connectivity index (χ3v) is 17.9. The third kappa shape index (κ3) is 17.7. The van der Waals surface area contributed by atoms with Crippen molar-refractivity contribution < 1.29 is 0 Å². The summed E-state index contributed by atoms with van der Waals surface area (Å²) >= 11 is 0. The molecule has 0 aliphatic carbocycles. The molecular weight excluding hydrogens is 1210 g/mol. The first-order valence-corrected chi connectivity index (χ1v) is 34.6. The molecule has 13 rings (SSSR count). The highest BCUT2D eigenvalue weighted by molar-refractivity contribution is 5.85. The Bertz CT molecular complexity index is 4580. The van der Waals surface area contributed by atoms with Crippen LogP contribution >= 0.6 is 0 Å². The predicted octanol–water partition coefficient (Wildman–Crippen LogP) is 26.7. The van der Waals surface area contributed by atoms with Crippen molar-refractivity contribution in [2.24, 2.45) is 0 Å². The molecule has 0 N–H and O–H groups in total. The molecule has 2 nitrogen and oxygen atoms in total. The molecule has 13 aromatic carbocycles. The lowest BCUT2D eigenvalue weighted by Crippen LogP contribution is -2.10. The maximum atomic E-state index is 2.33. The molecule has 0 amide bonds. The van der Waals surface area contributed by atoms with Crippen LogP contribution in [0.1, 0.15) is 103 Å². The summed E-state index contributed by atoms with van der Waals surface area (Å²) in [6, 6.07) is 122. The minimum absolute atomic E-state index is 0.994. The highest BCUT2D eigenvalue weighted by Gasteiger charge is 2.15. The number of aryl methyl sites for hydroxylation is 2. The van der Waals surface area contributed by atoms with Gasteiger partial charge < -0.3 is 9.80 Å². The lowest BCUT2D eigenvalue weighted by atomic mass is 9.97. The van der Waals surface area contributed by atoms with Crippen molar-refractivity contribution in [3.05, 3.63) is 453 Å². The van der Waals surface area contributed by atoms with Crippen LogP contribution in [0.3, 0.4) is 0 Å². The van der Waals surface area contributed by atoms with Crippen molar-refractivity contribution in [3.8, 4) is 0 Å². The largest absolute Gasteiger partial charge is 0.311 e. The average Bonchev–Trinajstić information content (AvgIpc) is 0.815. The van der Waals surface area contributed by atoms with Crippen LogP contribution in [0.15, 0.2) is 364 Å². The quantitative estimate of drug-likeness (QED) is 0.0439. The maximum Gasteiger partial charge on any atom is 0.0462 e. The van der Waals surface area contributed by atoms with Crippen LogP contribution in [0, 0.1) is 0 Å². The molecule has 0 bridgehead atoms. The molecule has 0 aliphatic rings. The second-order valence-corrected chi connectivity index (χ2v) is 24.8. The maximum absolute atomic E-state index is 2.33. The summed E-state index contributed by atoms with van der Waals surface area (Å²) in [5.41, 5.74) is 27.9. The van der Waals surface area contributed by atoms with E-state index in [1.807, 2.05) is 0 Å². The molecule has 100 heavy (non-hydrogen) atoms. The van der Waals surface area contributed by atoms with E-state index in [4.69, 9.17) is 0 Å². The van der Waals surface area contributed by atoms with Crippen molar-refractivity contribution in [1.29, 1.82) is 0 Å². The summed E-state index contributed by atoms with van der Waals surface area (Å²) in [6.07, 6.45) is 32.5. The molecule has 13 aromatic rings. The summed E-state index contributed by atoms with van der Waals surface area (Å²) in [5, 5.41) is 0. The first-order chi connectivity index (χ1) is 49.4. The molecule has 0 unspecified atom stereocenters. The second kappa shape index (κ2) is 33.4. The van der Waals surface area contributed by atoms with Gasteiger partial charge in [-0.25, -0.2) is 0 Å². The van der Waals surface area contributed by atoms with Crippen LogP contribution in [0.4, 0.5) is 34.1 Å². The molecule has 0 saturated heterocycles. The number of allylic oxidation sites excluding steroid dienone is 4. The molecule has 0 aliphatic heterocycles. The van der Waals surface area contributed by atoms with Crippen molar-refractivity contribution in [2.45, 2.75) is 26.7 Å². The second-order valence-electron chi connectivity index (χ2n) is 24.8.